The fourth-order valence-corrected chi connectivity index (χ4v) is 3.08. The van der Waals surface area contributed by atoms with Crippen LogP contribution >= 0.6 is 0 Å². The van der Waals surface area contributed by atoms with Gasteiger partial charge in [-0.3, -0.25) is 9.97 Å². The molecule has 0 aliphatic heterocycles. The third-order valence-corrected chi connectivity index (χ3v) is 4.57. The average molecular weight is 322 g/mol. The quantitative estimate of drug-likeness (QED) is 0.394. The van der Waals surface area contributed by atoms with Crippen molar-refractivity contribution in [3.63, 3.8) is 0 Å². The summed E-state index contributed by atoms with van der Waals surface area (Å²) in [6.45, 7) is 4.38. The Balaban J connectivity index is 2.22. The third-order valence-electron chi connectivity index (χ3n) is 4.57. The van der Waals surface area contributed by atoms with Crippen LogP contribution in [0.5, 0.6) is 0 Å². The molecule has 4 nitrogen and oxygen atoms in total. The molecule has 2 heterocycles. The Labute approximate surface area is 143 Å². The lowest BCUT2D eigenvalue weighted by Crippen LogP contribution is -2.02. The highest BCUT2D eigenvalue weighted by molar-refractivity contribution is 6.15. The number of aromatic nitrogens is 2. The molecule has 0 bridgehead atoms. The van der Waals surface area contributed by atoms with Gasteiger partial charge in [0.1, 0.15) is 0 Å². The first-order valence-corrected chi connectivity index (χ1v) is 8.91. The molecule has 24 heavy (non-hydrogen) atoms. The fraction of sp³-hybridized carbons (Fsp3) is 0.400. The molecule has 0 aliphatic rings. The summed E-state index contributed by atoms with van der Waals surface area (Å²) in [6, 6.07) is 8.19. The number of nitrogens with zero attached hydrogens (tertiary/aromatic N) is 2. The first-order valence-electron chi connectivity index (χ1n) is 8.91. The van der Waals surface area contributed by atoms with Crippen LogP contribution in [0.25, 0.3) is 21.8 Å². The molecule has 4 heteroatoms. The van der Waals surface area contributed by atoms with Gasteiger partial charge in [-0.2, -0.15) is 0 Å². The smallest absolute Gasteiger partial charge is 0.0990 e. The molecule has 0 aliphatic carbocycles. The van der Waals surface area contributed by atoms with Crippen LogP contribution < -0.4 is 11.5 Å². The van der Waals surface area contributed by atoms with E-state index in [1.165, 1.54) is 0 Å². The number of anilines is 2. The van der Waals surface area contributed by atoms with E-state index in [2.05, 4.69) is 26.0 Å². The second-order valence-electron chi connectivity index (χ2n) is 6.43. The second-order valence-corrected chi connectivity index (χ2v) is 6.43. The lowest BCUT2D eigenvalue weighted by atomic mass is 10.0. The number of benzene rings is 1. The normalized spacial score (nSPS) is 11.4. The maximum atomic E-state index is 6.26. The molecule has 0 atom stereocenters. The first kappa shape index (κ1) is 16.5. The Kier molecular flexibility index (Phi) is 4.84. The zero-order valence-corrected chi connectivity index (χ0v) is 14.6. The standard InChI is InChI=1S/C20H26N4/c1-3-5-7-13-9-11-15-17(21)18(22)16-12-10-14(8-6-4-2)24-20(16)19(15)23-13/h9-12H,3-8,21-22H2,1-2H3. The van der Waals surface area contributed by atoms with Gasteiger partial charge in [0.05, 0.1) is 22.4 Å². The monoisotopic (exact) mass is 322 g/mol. The summed E-state index contributed by atoms with van der Waals surface area (Å²) in [7, 11) is 0. The van der Waals surface area contributed by atoms with Crippen molar-refractivity contribution in [2.75, 3.05) is 11.5 Å². The Hall–Kier alpha value is -2.36. The molecule has 2 aromatic heterocycles. The molecule has 0 fully saturated rings. The van der Waals surface area contributed by atoms with Gasteiger partial charge in [-0.15, -0.1) is 0 Å². The van der Waals surface area contributed by atoms with E-state index in [4.69, 9.17) is 21.4 Å². The fourth-order valence-electron chi connectivity index (χ4n) is 3.08. The molecule has 0 spiro atoms. The number of pyridine rings is 2. The molecule has 0 unspecified atom stereocenters. The highest BCUT2D eigenvalue weighted by Gasteiger charge is 2.13. The van der Waals surface area contributed by atoms with Crippen molar-refractivity contribution in [1.82, 2.24) is 9.97 Å². The van der Waals surface area contributed by atoms with Gasteiger partial charge in [0, 0.05) is 22.2 Å². The lowest BCUT2D eigenvalue weighted by Gasteiger charge is -2.12. The van der Waals surface area contributed by atoms with Crippen LogP contribution in [0.4, 0.5) is 11.4 Å². The van der Waals surface area contributed by atoms with Crippen LogP contribution in [0.15, 0.2) is 24.3 Å². The SMILES string of the molecule is CCCCc1ccc2c(N)c(N)c3ccc(CCCC)nc3c2n1. The highest BCUT2D eigenvalue weighted by Crippen LogP contribution is 2.35. The molecule has 0 amide bonds. The topological polar surface area (TPSA) is 77.8 Å². The van der Waals surface area contributed by atoms with Crippen molar-refractivity contribution in [1.29, 1.82) is 0 Å². The molecular formula is C20H26N4. The number of rotatable bonds is 6. The van der Waals surface area contributed by atoms with E-state index in [0.29, 0.717) is 11.4 Å². The molecule has 0 radical (unpaired) electrons. The van der Waals surface area contributed by atoms with Gasteiger partial charge in [-0.25, -0.2) is 0 Å². The van der Waals surface area contributed by atoms with E-state index >= 15 is 0 Å². The molecule has 126 valence electrons. The molecule has 3 aromatic rings. The summed E-state index contributed by atoms with van der Waals surface area (Å²) >= 11 is 0. The van der Waals surface area contributed by atoms with Gasteiger partial charge in [-0.1, -0.05) is 26.7 Å². The molecular weight excluding hydrogens is 296 g/mol. The minimum absolute atomic E-state index is 0.607. The number of fused-ring (bicyclic) bond motifs is 3. The van der Waals surface area contributed by atoms with E-state index in [1.54, 1.807) is 0 Å². The van der Waals surface area contributed by atoms with Crippen molar-refractivity contribution in [2.24, 2.45) is 0 Å². The summed E-state index contributed by atoms with van der Waals surface area (Å²) in [4.78, 5) is 9.73. The summed E-state index contributed by atoms with van der Waals surface area (Å²) in [5.41, 5.74) is 17.7. The predicted molar refractivity (Wildman–Crippen MR) is 103 cm³/mol. The largest absolute Gasteiger partial charge is 0.396 e. The van der Waals surface area contributed by atoms with Gasteiger partial charge in [-0.05, 0) is 49.9 Å². The Morgan fingerprint density at radius 1 is 0.708 bits per heavy atom. The molecule has 0 saturated carbocycles. The maximum absolute atomic E-state index is 6.26. The highest BCUT2D eigenvalue weighted by atomic mass is 14.8. The van der Waals surface area contributed by atoms with Crippen molar-refractivity contribution in [3.8, 4) is 0 Å². The van der Waals surface area contributed by atoms with Gasteiger partial charge in [0.2, 0.25) is 0 Å². The Bertz CT molecular complexity index is 798. The number of nitrogen functional groups attached to an aromatic ring is 2. The second kappa shape index (κ2) is 7.04. The van der Waals surface area contributed by atoms with Crippen molar-refractivity contribution >= 4 is 33.2 Å². The summed E-state index contributed by atoms with van der Waals surface area (Å²) < 4.78 is 0. The van der Waals surface area contributed by atoms with Crippen LogP contribution in [0.1, 0.15) is 50.9 Å². The minimum atomic E-state index is 0.607. The summed E-state index contributed by atoms with van der Waals surface area (Å²) in [5.74, 6) is 0. The van der Waals surface area contributed by atoms with Crippen LogP contribution in [0.3, 0.4) is 0 Å². The Morgan fingerprint density at radius 3 is 1.50 bits per heavy atom. The minimum Gasteiger partial charge on any atom is -0.396 e. The third kappa shape index (κ3) is 3.01. The van der Waals surface area contributed by atoms with Gasteiger partial charge in [0.15, 0.2) is 0 Å². The maximum Gasteiger partial charge on any atom is 0.0990 e. The van der Waals surface area contributed by atoms with E-state index in [9.17, 15) is 0 Å². The zero-order chi connectivity index (χ0) is 17.1. The predicted octanol–water partition coefficient (Wildman–Crippen LogP) is 4.63. The van der Waals surface area contributed by atoms with Crippen molar-refractivity contribution < 1.29 is 0 Å². The number of nitrogens with two attached hydrogens (primary N) is 2. The summed E-state index contributed by atoms with van der Waals surface area (Å²) in [6.07, 6.45) is 6.54. The van der Waals surface area contributed by atoms with Gasteiger partial charge in [0.25, 0.3) is 0 Å². The van der Waals surface area contributed by atoms with E-state index in [-0.39, 0.29) is 0 Å². The zero-order valence-electron chi connectivity index (χ0n) is 14.6. The van der Waals surface area contributed by atoms with E-state index in [1.807, 2.05) is 12.1 Å². The molecule has 1 aromatic carbocycles. The lowest BCUT2D eigenvalue weighted by molar-refractivity contribution is 0.778. The summed E-state index contributed by atoms with van der Waals surface area (Å²) in [5, 5.41) is 1.81. The van der Waals surface area contributed by atoms with E-state index in [0.717, 1.165) is 71.7 Å². The van der Waals surface area contributed by atoms with E-state index < -0.39 is 0 Å². The van der Waals surface area contributed by atoms with Crippen molar-refractivity contribution in [3.05, 3.63) is 35.7 Å². The number of hydrogen-bond donors (Lipinski definition) is 2. The van der Waals surface area contributed by atoms with Crippen LogP contribution in [0.2, 0.25) is 0 Å². The van der Waals surface area contributed by atoms with Gasteiger partial charge >= 0.3 is 0 Å². The number of aryl methyl sites for hydroxylation is 2. The number of unbranched alkanes of at least 4 members (excludes halogenated alkanes) is 2. The molecule has 3 rings (SSSR count). The first-order chi connectivity index (χ1) is 11.7. The van der Waals surface area contributed by atoms with Crippen molar-refractivity contribution in [2.45, 2.75) is 52.4 Å². The van der Waals surface area contributed by atoms with Crippen LogP contribution in [-0.2, 0) is 12.8 Å². The Morgan fingerprint density at radius 2 is 1.12 bits per heavy atom. The van der Waals surface area contributed by atoms with Crippen LogP contribution in [0, 0.1) is 0 Å². The average Bonchev–Trinajstić information content (AvgIpc) is 2.62. The van der Waals surface area contributed by atoms with Crippen LogP contribution in [-0.4, -0.2) is 9.97 Å². The number of hydrogen-bond acceptors (Lipinski definition) is 4. The van der Waals surface area contributed by atoms with Gasteiger partial charge < -0.3 is 11.5 Å². The molecule has 0 saturated heterocycles. The molecule has 4 N–H and O–H groups in total.